The maximum Gasteiger partial charge on any atom is 0.253 e. The minimum atomic E-state index is -3.50. The fourth-order valence-corrected chi connectivity index (χ4v) is 6.42. The third-order valence-electron chi connectivity index (χ3n) is 3.57. The van der Waals surface area contributed by atoms with Crippen LogP contribution in [-0.4, -0.2) is 19.3 Å². The van der Waals surface area contributed by atoms with Crippen LogP contribution in [0.2, 0.25) is 0 Å². The van der Waals surface area contributed by atoms with E-state index in [2.05, 4.69) is 15.9 Å². The molecule has 1 aromatic heterocycles. The van der Waals surface area contributed by atoms with Crippen molar-refractivity contribution in [2.75, 3.05) is 6.54 Å². The zero-order chi connectivity index (χ0) is 15.0. The van der Waals surface area contributed by atoms with E-state index in [1.165, 1.54) is 27.8 Å². The molecule has 1 fully saturated rings. The van der Waals surface area contributed by atoms with E-state index >= 15 is 0 Å². The highest BCUT2D eigenvalue weighted by molar-refractivity contribution is 9.11. The molecule has 0 radical (unpaired) electrons. The number of benzene rings is 1. The molecular formula is C14H13BrFNO2S2. The first-order chi connectivity index (χ1) is 9.98. The molecule has 0 unspecified atom stereocenters. The van der Waals surface area contributed by atoms with E-state index in [1.807, 2.05) is 0 Å². The third-order valence-corrected chi connectivity index (χ3v) is 7.57. The van der Waals surface area contributed by atoms with Gasteiger partial charge >= 0.3 is 0 Å². The predicted octanol–water partition coefficient (Wildman–Crippen LogP) is 4.18. The topological polar surface area (TPSA) is 37.4 Å². The lowest BCUT2D eigenvalue weighted by atomic mass is 10.1. The molecule has 0 saturated carbocycles. The summed E-state index contributed by atoms with van der Waals surface area (Å²) >= 11 is 4.50. The molecule has 0 amide bonds. The lowest BCUT2D eigenvalue weighted by Crippen LogP contribution is -2.30. The van der Waals surface area contributed by atoms with Gasteiger partial charge in [0.1, 0.15) is 10.0 Å². The van der Waals surface area contributed by atoms with E-state index in [0.29, 0.717) is 10.8 Å². The van der Waals surface area contributed by atoms with Crippen molar-refractivity contribution in [1.29, 1.82) is 0 Å². The van der Waals surface area contributed by atoms with Crippen LogP contribution in [0.3, 0.4) is 0 Å². The van der Waals surface area contributed by atoms with Crippen molar-refractivity contribution >= 4 is 37.3 Å². The van der Waals surface area contributed by atoms with Crippen LogP contribution in [-0.2, 0) is 10.0 Å². The van der Waals surface area contributed by atoms with Crippen LogP contribution in [0, 0.1) is 5.82 Å². The molecule has 0 bridgehead atoms. The van der Waals surface area contributed by atoms with E-state index < -0.39 is 10.0 Å². The number of hydrogen-bond acceptors (Lipinski definition) is 3. The molecule has 0 spiro atoms. The molecule has 3 rings (SSSR count). The summed E-state index contributed by atoms with van der Waals surface area (Å²) in [6, 6.07) is 9.22. The summed E-state index contributed by atoms with van der Waals surface area (Å²) in [6.45, 7) is 0.500. The first-order valence-electron chi connectivity index (χ1n) is 6.51. The monoisotopic (exact) mass is 389 g/mol. The van der Waals surface area contributed by atoms with Gasteiger partial charge in [-0.2, -0.15) is 4.31 Å². The minimum Gasteiger partial charge on any atom is -0.207 e. The van der Waals surface area contributed by atoms with Crippen LogP contribution < -0.4 is 0 Å². The van der Waals surface area contributed by atoms with Crippen LogP contribution in [0.5, 0.6) is 0 Å². The van der Waals surface area contributed by atoms with Crippen molar-refractivity contribution in [3.8, 4) is 0 Å². The zero-order valence-electron chi connectivity index (χ0n) is 11.0. The first kappa shape index (κ1) is 15.1. The van der Waals surface area contributed by atoms with Gasteiger partial charge in [0, 0.05) is 6.54 Å². The summed E-state index contributed by atoms with van der Waals surface area (Å²) in [6.07, 6.45) is 1.57. The molecule has 3 nitrogen and oxygen atoms in total. The number of halogens is 2. The standard InChI is InChI=1S/C14H13BrFNO2S2/c15-13-7-8-14(20-13)21(18,19)17-9-1-2-12(17)10-3-5-11(16)6-4-10/h3-8,12H,1-2,9H2/t12-/m0/s1. The fourth-order valence-electron chi connectivity index (χ4n) is 2.60. The van der Waals surface area contributed by atoms with Crippen molar-refractivity contribution in [3.63, 3.8) is 0 Å². The van der Waals surface area contributed by atoms with Gasteiger partial charge in [-0.05, 0) is 58.6 Å². The van der Waals surface area contributed by atoms with Gasteiger partial charge in [-0.25, -0.2) is 12.8 Å². The Balaban J connectivity index is 1.95. The number of nitrogens with zero attached hydrogens (tertiary/aromatic N) is 1. The number of sulfonamides is 1. The van der Waals surface area contributed by atoms with Crippen LogP contribution in [0.15, 0.2) is 44.4 Å². The van der Waals surface area contributed by atoms with Gasteiger partial charge in [0.05, 0.1) is 9.83 Å². The average molecular weight is 390 g/mol. The van der Waals surface area contributed by atoms with E-state index in [-0.39, 0.29) is 11.9 Å². The number of rotatable bonds is 3. The average Bonchev–Trinajstić information content (AvgIpc) is 3.08. The molecule has 2 aromatic rings. The summed E-state index contributed by atoms with van der Waals surface area (Å²) in [7, 11) is -3.50. The maximum atomic E-state index is 13.0. The zero-order valence-corrected chi connectivity index (χ0v) is 14.2. The second-order valence-corrected chi connectivity index (χ2v) is 9.46. The van der Waals surface area contributed by atoms with Gasteiger partial charge in [-0.15, -0.1) is 11.3 Å². The van der Waals surface area contributed by atoms with Crippen LogP contribution >= 0.6 is 27.3 Å². The Morgan fingerprint density at radius 3 is 2.52 bits per heavy atom. The fraction of sp³-hybridized carbons (Fsp3) is 0.286. The molecule has 1 aliphatic rings. The highest BCUT2D eigenvalue weighted by atomic mass is 79.9. The summed E-state index contributed by atoms with van der Waals surface area (Å²) in [5, 5.41) is 0. The van der Waals surface area contributed by atoms with Gasteiger partial charge in [0.25, 0.3) is 10.0 Å². The normalized spacial score (nSPS) is 20.0. The second kappa shape index (κ2) is 5.79. The van der Waals surface area contributed by atoms with E-state index in [0.717, 1.165) is 22.2 Å². The van der Waals surface area contributed by atoms with Crippen molar-refractivity contribution < 1.29 is 12.8 Å². The van der Waals surface area contributed by atoms with E-state index in [4.69, 9.17) is 0 Å². The van der Waals surface area contributed by atoms with Gasteiger partial charge in [0.2, 0.25) is 0 Å². The summed E-state index contributed by atoms with van der Waals surface area (Å²) in [5.41, 5.74) is 0.841. The Morgan fingerprint density at radius 2 is 1.90 bits per heavy atom. The van der Waals surface area contributed by atoms with E-state index in [1.54, 1.807) is 24.3 Å². The molecule has 7 heteroatoms. The largest absolute Gasteiger partial charge is 0.253 e. The summed E-state index contributed by atoms with van der Waals surface area (Å²) in [5.74, 6) is -0.312. The van der Waals surface area contributed by atoms with Crippen molar-refractivity contribution in [2.45, 2.75) is 23.1 Å². The van der Waals surface area contributed by atoms with Crippen LogP contribution in [0.25, 0.3) is 0 Å². The Bertz CT molecular complexity index is 743. The SMILES string of the molecule is O=S(=O)(c1ccc(Br)s1)N1CCC[C@H]1c1ccc(F)cc1. The van der Waals surface area contributed by atoms with Gasteiger partial charge in [-0.1, -0.05) is 12.1 Å². The Kier molecular flexibility index (Phi) is 4.18. The van der Waals surface area contributed by atoms with Crippen LogP contribution in [0.4, 0.5) is 4.39 Å². The quantitative estimate of drug-likeness (QED) is 0.789. The number of hydrogen-bond donors (Lipinski definition) is 0. The highest BCUT2D eigenvalue weighted by Crippen LogP contribution is 2.38. The van der Waals surface area contributed by atoms with Gasteiger partial charge in [-0.3, -0.25) is 0 Å². The molecule has 1 atom stereocenters. The molecule has 1 aliphatic heterocycles. The molecular weight excluding hydrogens is 377 g/mol. The minimum absolute atomic E-state index is 0.212. The second-order valence-electron chi connectivity index (χ2n) is 4.88. The molecule has 0 N–H and O–H groups in total. The maximum absolute atomic E-state index is 13.0. The molecule has 2 heterocycles. The lowest BCUT2D eigenvalue weighted by molar-refractivity contribution is 0.397. The smallest absolute Gasteiger partial charge is 0.207 e. The highest BCUT2D eigenvalue weighted by Gasteiger charge is 2.36. The van der Waals surface area contributed by atoms with Crippen molar-refractivity contribution in [3.05, 3.63) is 51.6 Å². The predicted molar refractivity (Wildman–Crippen MR) is 84.3 cm³/mol. The Labute approximate surface area is 135 Å². The molecule has 1 aromatic carbocycles. The summed E-state index contributed by atoms with van der Waals surface area (Å²) < 4.78 is 41.2. The molecule has 1 saturated heterocycles. The number of thiophene rings is 1. The Hall–Kier alpha value is -0.760. The van der Waals surface area contributed by atoms with Crippen molar-refractivity contribution in [1.82, 2.24) is 4.31 Å². The molecule has 21 heavy (non-hydrogen) atoms. The van der Waals surface area contributed by atoms with Gasteiger partial charge < -0.3 is 0 Å². The van der Waals surface area contributed by atoms with E-state index in [9.17, 15) is 12.8 Å². The lowest BCUT2D eigenvalue weighted by Gasteiger charge is -2.23. The van der Waals surface area contributed by atoms with Gasteiger partial charge in [0.15, 0.2) is 0 Å². The molecule has 0 aliphatic carbocycles. The van der Waals surface area contributed by atoms with Crippen LogP contribution in [0.1, 0.15) is 24.4 Å². The Morgan fingerprint density at radius 1 is 1.19 bits per heavy atom. The first-order valence-corrected chi connectivity index (χ1v) is 9.56. The van der Waals surface area contributed by atoms with Crippen molar-refractivity contribution in [2.24, 2.45) is 0 Å². The summed E-state index contributed by atoms with van der Waals surface area (Å²) in [4.78, 5) is 0. The third kappa shape index (κ3) is 2.92. The molecule has 112 valence electrons.